The molecule has 1 amide bonds. The molecule has 2 heterocycles. The van der Waals surface area contributed by atoms with E-state index in [-0.39, 0.29) is 5.91 Å². The van der Waals surface area contributed by atoms with Crippen LogP contribution in [-0.2, 0) is 9.53 Å². The van der Waals surface area contributed by atoms with Crippen molar-refractivity contribution in [3.05, 3.63) is 0 Å². The van der Waals surface area contributed by atoms with Crippen LogP contribution < -0.4 is 10.6 Å². The topological polar surface area (TPSA) is 70.6 Å². The fourth-order valence-electron chi connectivity index (χ4n) is 2.90. The van der Waals surface area contributed by atoms with E-state index >= 15 is 0 Å². The number of carbonyl (C=O) groups is 1. The monoisotopic (exact) mass is 256 g/mol. The van der Waals surface area contributed by atoms with Gasteiger partial charge in [-0.1, -0.05) is 13.3 Å². The Morgan fingerprint density at radius 3 is 2.89 bits per heavy atom. The number of aliphatic hydroxyl groups is 1. The van der Waals surface area contributed by atoms with Gasteiger partial charge in [-0.3, -0.25) is 4.79 Å². The zero-order valence-electron chi connectivity index (χ0n) is 11.1. The van der Waals surface area contributed by atoms with E-state index in [1.807, 2.05) is 0 Å². The van der Waals surface area contributed by atoms with Crippen LogP contribution in [0.25, 0.3) is 0 Å². The minimum Gasteiger partial charge on any atom is -0.386 e. The van der Waals surface area contributed by atoms with Crippen molar-refractivity contribution < 1.29 is 14.6 Å². The summed E-state index contributed by atoms with van der Waals surface area (Å²) in [6.45, 7) is 4.18. The minimum atomic E-state index is -0.873. The highest BCUT2D eigenvalue weighted by molar-refractivity contribution is 5.86. The van der Waals surface area contributed by atoms with E-state index in [9.17, 15) is 9.90 Å². The first-order valence-corrected chi connectivity index (χ1v) is 6.94. The lowest BCUT2D eigenvalue weighted by molar-refractivity contribution is -0.128. The second kappa shape index (κ2) is 5.55. The Balaban J connectivity index is 1.89. The third-order valence-electron chi connectivity index (χ3n) is 4.02. The fourth-order valence-corrected chi connectivity index (χ4v) is 2.90. The first-order chi connectivity index (χ1) is 8.60. The minimum absolute atomic E-state index is 0.0298. The standard InChI is InChI=1S/C13H24N2O3/c1-2-4-13(5-3-7-15-13)11(16)14-9-12(17)6-8-18-10-12/h15,17H,2-10H2,1H3,(H,14,16). The lowest BCUT2D eigenvalue weighted by Crippen LogP contribution is -2.56. The van der Waals surface area contributed by atoms with Crippen molar-refractivity contribution in [3.8, 4) is 0 Å². The molecule has 18 heavy (non-hydrogen) atoms. The van der Waals surface area contributed by atoms with Crippen LogP contribution in [0.3, 0.4) is 0 Å². The Morgan fingerprint density at radius 2 is 2.33 bits per heavy atom. The molecule has 2 saturated heterocycles. The number of carbonyl (C=O) groups excluding carboxylic acids is 1. The molecule has 0 spiro atoms. The maximum absolute atomic E-state index is 12.3. The first kappa shape index (κ1) is 13.8. The van der Waals surface area contributed by atoms with Gasteiger partial charge in [0.05, 0.1) is 12.1 Å². The molecule has 0 bridgehead atoms. The van der Waals surface area contributed by atoms with E-state index < -0.39 is 11.1 Å². The van der Waals surface area contributed by atoms with Gasteiger partial charge in [0.15, 0.2) is 0 Å². The van der Waals surface area contributed by atoms with Crippen LogP contribution in [0.1, 0.15) is 39.0 Å². The van der Waals surface area contributed by atoms with Crippen molar-refractivity contribution in [3.63, 3.8) is 0 Å². The van der Waals surface area contributed by atoms with E-state index in [0.29, 0.717) is 26.2 Å². The van der Waals surface area contributed by atoms with Crippen LogP contribution >= 0.6 is 0 Å². The second-order valence-corrected chi connectivity index (χ2v) is 5.57. The number of ether oxygens (including phenoxy) is 1. The molecule has 0 aromatic carbocycles. The lowest BCUT2D eigenvalue weighted by atomic mass is 9.90. The molecule has 0 aromatic heterocycles. The van der Waals surface area contributed by atoms with Gasteiger partial charge in [-0.25, -0.2) is 0 Å². The Kier molecular flexibility index (Phi) is 4.25. The van der Waals surface area contributed by atoms with Crippen molar-refractivity contribution in [1.29, 1.82) is 0 Å². The van der Waals surface area contributed by atoms with E-state index in [0.717, 1.165) is 32.2 Å². The summed E-state index contributed by atoms with van der Waals surface area (Å²) in [6.07, 6.45) is 4.37. The molecule has 0 saturated carbocycles. The molecule has 0 aromatic rings. The highest BCUT2D eigenvalue weighted by Gasteiger charge is 2.41. The van der Waals surface area contributed by atoms with Crippen molar-refractivity contribution in [2.24, 2.45) is 0 Å². The van der Waals surface area contributed by atoms with Gasteiger partial charge in [0.25, 0.3) is 0 Å². The number of hydrogen-bond acceptors (Lipinski definition) is 4. The molecule has 2 unspecified atom stereocenters. The van der Waals surface area contributed by atoms with Crippen molar-refractivity contribution in [2.45, 2.75) is 50.2 Å². The lowest BCUT2D eigenvalue weighted by Gasteiger charge is -2.30. The molecule has 0 radical (unpaired) electrons. The van der Waals surface area contributed by atoms with Gasteiger partial charge >= 0.3 is 0 Å². The van der Waals surface area contributed by atoms with Crippen molar-refractivity contribution in [2.75, 3.05) is 26.3 Å². The summed E-state index contributed by atoms with van der Waals surface area (Å²) in [7, 11) is 0. The molecule has 2 aliphatic heterocycles. The van der Waals surface area contributed by atoms with Gasteiger partial charge in [-0.15, -0.1) is 0 Å². The Hall–Kier alpha value is -0.650. The van der Waals surface area contributed by atoms with Gasteiger partial charge in [0, 0.05) is 19.6 Å². The molecule has 2 rings (SSSR count). The van der Waals surface area contributed by atoms with Gasteiger partial charge in [-0.2, -0.15) is 0 Å². The molecule has 3 N–H and O–H groups in total. The summed E-state index contributed by atoms with van der Waals surface area (Å²) in [6, 6.07) is 0. The van der Waals surface area contributed by atoms with Crippen LogP contribution in [0.2, 0.25) is 0 Å². The summed E-state index contributed by atoms with van der Waals surface area (Å²) in [5.74, 6) is 0.0298. The van der Waals surface area contributed by atoms with Crippen molar-refractivity contribution >= 4 is 5.91 Å². The molecule has 5 heteroatoms. The predicted molar refractivity (Wildman–Crippen MR) is 68.3 cm³/mol. The number of hydrogen-bond donors (Lipinski definition) is 3. The molecule has 2 fully saturated rings. The predicted octanol–water partition coefficient (Wildman–Crippen LogP) is 0.176. The first-order valence-electron chi connectivity index (χ1n) is 6.94. The third kappa shape index (κ3) is 2.84. The maximum Gasteiger partial charge on any atom is 0.240 e. The van der Waals surface area contributed by atoms with Crippen LogP contribution in [-0.4, -0.2) is 48.5 Å². The maximum atomic E-state index is 12.3. The molecule has 2 atom stereocenters. The summed E-state index contributed by atoms with van der Waals surface area (Å²) < 4.78 is 5.17. The van der Waals surface area contributed by atoms with Gasteiger partial charge < -0.3 is 20.5 Å². The fraction of sp³-hybridized carbons (Fsp3) is 0.923. The molecule has 2 aliphatic rings. The van der Waals surface area contributed by atoms with Crippen LogP contribution in [0.5, 0.6) is 0 Å². The summed E-state index contributed by atoms with van der Waals surface area (Å²) >= 11 is 0. The average molecular weight is 256 g/mol. The van der Waals surface area contributed by atoms with Gasteiger partial charge in [-0.05, 0) is 25.8 Å². The summed E-state index contributed by atoms with van der Waals surface area (Å²) in [5.41, 5.74) is -1.29. The largest absolute Gasteiger partial charge is 0.386 e. The Morgan fingerprint density at radius 1 is 1.50 bits per heavy atom. The molecular weight excluding hydrogens is 232 g/mol. The summed E-state index contributed by atoms with van der Waals surface area (Å²) in [4.78, 5) is 12.3. The highest BCUT2D eigenvalue weighted by Crippen LogP contribution is 2.25. The number of rotatable bonds is 5. The number of amides is 1. The normalized spacial score (nSPS) is 35.9. The van der Waals surface area contributed by atoms with Gasteiger partial charge in [0.1, 0.15) is 5.60 Å². The second-order valence-electron chi connectivity index (χ2n) is 5.57. The highest BCUT2D eigenvalue weighted by atomic mass is 16.5. The average Bonchev–Trinajstić information content (AvgIpc) is 2.97. The third-order valence-corrected chi connectivity index (χ3v) is 4.02. The molecule has 0 aliphatic carbocycles. The van der Waals surface area contributed by atoms with Crippen LogP contribution in [0.4, 0.5) is 0 Å². The van der Waals surface area contributed by atoms with Crippen LogP contribution in [0, 0.1) is 0 Å². The Labute approximate surface area is 108 Å². The molecule has 5 nitrogen and oxygen atoms in total. The zero-order chi connectivity index (χ0) is 13.1. The zero-order valence-corrected chi connectivity index (χ0v) is 11.1. The SMILES string of the molecule is CCCC1(C(=O)NCC2(O)CCOC2)CCCN1. The quantitative estimate of drug-likeness (QED) is 0.656. The van der Waals surface area contributed by atoms with E-state index in [4.69, 9.17) is 4.74 Å². The summed E-state index contributed by atoms with van der Waals surface area (Å²) in [5, 5.41) is 16.4. The Bertz CT molecular complexity index is 295. The smallest absolute Gasteiger partial charge is 0.240 e. The van der Waals surface area contributed by atoms with E-state index in [1.165, 1.54) is 0 Å². The van der Waals surface area contributed by atoms with Gasteiger partial charge in [0.2, 0.25) is 5.91 Å². The molecular formula is C13H24N2O3. The number of nitrogens with one attached hydrogen (secondary N) is 2. The van der Waals surface area contributed by atoms with E-state index in [1.54, 1.807) is 0 Å². The van der Waals surface area contributed by atoms with E-state index in [2.05, 4.69) is 17.6 Å². The van der Waals surface area contributed by atoms with Crippen molar-refractivity contribution in [1.82, 2.24) is 10.6 Å². The van der Waals surface area contributed by atoms with Crippen LogP contribution in [0.15, 0.2) is 0 Å². The molecule has 104 valence electrons.